The molecule has 0 amide bonds. The minimum absolute atomic E-state index is 0.138. The van der Waals surface area contributed by atoms with Crippen molar-refractivity contribution in [2.24, 2.45) is 10.3 Å². The van der Waals surface area contributed by atoms with Crippen LogP contribution in [0.4, 0.5) is 26.3 Å². The van der Waals surface area contributed by atoms with Crippen LogP contribution in [0.2, 0.25) is 0 Å². The molecular weight excluding hydrogens is 735 g/mol. The van der Waals surface area contributed by atoms with Crippen LogP contribution < -0.4 is 10.3 Å². The van der Waals surface area contributed by atoms with Gasteiger partial charge >= 0.3 is 12.4 Å². The Morgan fingerprint density at radius 1 is 0.500 bits per heavy atom. The lowest BCUT2D eigenvalue weighted by atomic mass is 10.1. The maximum atomic E-state index is 13.1. The smallest absolute Gasteiger partial charge is 0.233 e. The van der Waals surface area contributed by atoms with E-state index in [1.54, 1.807) is 48.5 Å². The normalized spacial score (nSPS) is 12.3. The van der Waals surface area contributed by atoms with Gasteiger partial charge < -0.3 is 0 Å². The Morgan fingerprint density at radius 3 is 1.04 bits per heavy atom. The van der Waals surface area contributed by atoms with Crippen LogP contribution in [0.15, 0.2) is 119 Å². The molecule has 0 atom stereocenters. The number of nitrogens with two attached hydrogens (primary N) is 2. The van der Waals surface area contributed by atoms with Crippen molar-refractivity contribution < 1.29 is 43.2 Å². The van der Waals surface area contributed by atoms with Crippen LogP contribution in [-0.2, 0) is 32.4 Å². The molecule has 4 aromatic carbocycles. The number of aromatic nitrogens is 4. The Hall–Kier alpha value is -5.30. The van der Waals surface area contributed by atoms with Gasteiger partial charge in [0.1, 0.15) is 0 Å². The molecule has 6 rings (SSSR count). The highest BCUT2D eigenvalue weighted by molar-refractivity contribution is 7.89. The molecule has 0 fully saturated rings. The monoisotopic (exact) mass is 762 g/mol. The molecule has 0 aliphatic rings. The Labute approximate surface area is 294 Å². The number of hydrogen-bond donors (Lipinski definition) is 2. The minimum atomic E-state index is -4.61. The molecular formula is C34H28F6N6O4S2. The predicted molar refractivity (Wildman–Crippen MR) is 180 cm³/mol. The van der Waals surface area contributed by atoms with E-state index in [1.165, 1.54) is 48.5 Å². The van der Waals surface area contributed by atoms with E-state index in [0.717, 1.165) is 32.6 Å². The summed E-state index contributed by atoms with van der Waals surface area (Å²) in [6, 6.07) is 26.1. The average Bonchev–Trinajstić information content (AvgIpc) is 3.72. The first-order valence-electron chi connectivity index (χ1n) is 14.9. The van der Waals surface area contributed by atoms with Gasteiger partial charge in [-0.2, -0.15) is 36.5 Å². The van der Waals surface area contributed by atoms with E-state index in [-0.39, 0.29) is 32.6 Å². The lowest BCUT2D eigenvalue weighted by Gasteiger charge is -2.09. The molecule has 272 valence electrons. The first-order valence-corrected chi connectivity index (χ1v) is 18.0. The van der Waals surface area contributed by atoms with Gasteiger partial charge in [0.05, 0.1) is 32.6 Å². The number of primary sulfonamides is 2. The summed E-state index contributed by atoms with van der Waals surface area (Å²) in [4.78, 5) is -0.275. The third-order valence-corrected chi connectivity index (χ3v) is 9.37. The van der Waals surface area contributed by atoms with Crippen LogP contribution >= 0.6 is 0 Å². The van der Waals surface area contributed by atoms with Crippen LogP contribution in [-0.4, -0.2) is 36.4 Å². The second kappa shape index (κ2) is 14.0. The first-order chi connectivity index (χ1) is 24.1. The summed E-state index contributed by atoms with van der Waals surface area (Å²) >= 11 is 0. The highest BCUT2D eigenvalue weighted by Gasteiger charge is 2.36. The topological polar surface area (TPSA) is 156 Å². The fraction of sp³-hybridized carbons (Fsp3) is 0.118. The van der Waals surface area contributed by atoms with Gasteiger partial charge in [0.15, 0.2) is 11.4 Å². The molecule has 2 aromatic heterocycles. The highest BCUT2D eigenvalue weighted by atomic mass is 32.2. The van der Waals surface area contributed by atoms with E-state index < -0.39 is 43.8 Å². The molecule has 0 aliphatic carbocycles. The van der Waals surface area contributed by atoms with Crippen molar-refractivity contribution in [1.29, 1.82) is 0 Å². The Balaban J connectivity index is 0.000000201. The molecule has 6 aromatic rings. The van der Waals surface area contributed by atoms with E-state index in [2.05, 4.69) is 10.2 Å². The van der Waals surface area contributed by atoms with Gasteiger partial charge in [0.2, 0.25) is 20.0 Å². The summed E-state index contributed by atoms with van der Waals surface area (Å²) in [5.41, 5.74) is 1.99. The molecule has 10 nitrogen and oxygen atoms in total. The van der Waals surface area contributed by atoms with Gasteiger partial charge in [0.25, 0.3) is 0 Å². The van der Waals surface area contributed by atoms with Gasteiger partial charge in [-0.1, -0.05) is 59.7 Å². The molecule has 0 radical (unpaired) electrons. The SMILES string of the molecule is Cc1ccc(-c2cc(C(F)(F)F)nn2-c2ccc(S(N)(=O)=O)cc2)cc1.Cc1ccc(-c2cc(C(F)(F)F)nn2-c2ccc(S(N)(=O)=O)cc2)cc1. The standard InChI is InChI=1S/2C17H14F3N3O2S/c2*1-11-2-4-12(5-3-11)15-10-16(17(18,19)20)22-23(15)13-6-8-14(9-7-13)26(21,24)25/h2*2-10H,1H3,(H2,21,24,25). The Bertz CT molecular complexity index is 2250. The summed E-state index contributed by atoms with van der Waals surface area (Å²) in [5.74, 6) is 0. The van der Waals surface area contributed by atoms with Crippen LogP contribution in [0.5, 0.6) is 0 Å². The average molecular weight is 763 g/mol. The van der Waals surface area contributed by atoms with Crippen LogP contribution in [0.25, 0.3) is 33.9 Å². The maximum absolute atomic E-state index is 13.1. The largest absolute Gasteiger partial charge is 0.435 e. The zero-order valence-electron chi connectivity index (χ0n) is 27.1. The fourth-order valence-electron chi connectivity index (χ4n) is 4.85. The summed E-state index contributed by atoms with van der Waals surface area (Å²) in [6.45, 7) is 3.74. The van der Waals surface area contributed by atoms with E-state index in [0.29, 0.717) is 11.1 Å². The molecule has 18 heteroatoms. The molecule has 0 spiro atoms. The minimum Gasteiger partial charge on any atom is -0.233 e. The van der Waals surface area contributed by atoms with Crippen molar-refractivity contribution in [2.45, 2.75) is 36.0 Å². The molecule has 0 unspecified atom stereocenters. The van der Waals surface area contributed by atoms with Crippen LogP contribution in [0, 0.1) is 13.8 Å². The van der Waals surface area contributed by atoms with Crippen molar-refractivity contribution in [1.82, 2.24) is 19.6 Å². The lowest BCUT2D eigenvalue weighted by Crippen LogP contribution is -2.12. The number of benzene rings is 4. The number of aryl methyl sites for hydroxylation is 2. The zero-order valence-corrected chi connectivity index (χ0v) is 28.7. The second-order valence-corrected chi connectivity index (χ2v) is 14.6. The third-order valence-electron chi connectivity index (χ3n) is 7.51. The number of sulfonamides is 2. The molecule has 0 bridgehead atoms. The van der Waals surface area contributed by atoms with Crippen molar-refractivity contribution in [3.8, 4) is 33.9 Å². The van der Waals surface area contributed by atoms with Crippen molar-refractivity contribution in [2.75, 3.05) is 0 Å². The van der Waals surface area contributed by atoms with Gasteiger partial charge in [-0.25, -0.2) is 36.5 Å². The summed E-state index contributed by atoms with van der Waals surface area (Å²) in [7, 11) is -7.79. The van der Waals surface area contributed by atoms with Crippen LogP contribution in [0.3, 0.4) is 0 Å². The Morgan fingerprint density at radius 2 is 0.788 bits per heavy atom. The number of halogens is 6. The Kier molecular flexibility index (Phi) is 10.2. The van der Waals surface area contributed by atoms with Gasteiger partial charge in [0, 0.05) is 11.1 Å². The molecule has 0 saturated heterocycles. The summed E-state index contributed by atoms with van der Waals surface area (Å²) < 4.78 is 126. The van der Waals surface area contributed by atoms with E-state index in [4.69, 9.17) is 10.3 Å². The number of hydrogen-bond acceptors (Lipinski definition) is 6. The molecule has 52 heavy (non-hydrogen) atoms. The highest BCUT2D eigenvalue weighted by Crippen LogP contribution is 2.35. The van der Waals surface area contributed by atoms with Gasteiger partial charge in [-0.15, -0.1) is 0 Å². The van der Waals surface area contributed by atoms with Crippen molar-refractivity contribution >= 4 is 20.0 Å². The van der Waals surface area contributed by atoms with Crippen molar-refractivity contribution in [3.63, 3.8) is 0 Å². The lowest BCUT2D eigenvalue weighted by molar-refractivity contribution is -0.142. The molecule has 4 N–H and O–H groups in total. The predicted octanol–water partition coefficient (Wildman–Crippen LogP) is 7.03. The fourth-order valence-corrected chi connectivity index (χ4v) is 5.88. The number of rotatable bonds is 6. The van der Waals surface area contributed by atoms with E-state index in [9.17, 15) is 43.2 Å². The zero-order chi connectivity index (χ0) is 38.2. The third kappa shape index (κ3) is 8.76. The first kappa shape index (κ1) is 37.9. The van der Waals surface area contributed by atoms with Gasteiger partial charge in [-0.05, 0) is 74.5 Å². The van der Waals surface area contributed by atoms with E-state index in [1.807, 2.05) is 13.8 Å². The second-order valence-electron chi connectivity index (χ2n) is 11.5. The summed E-state index contributed by atoms with van der Waals surface area (Å²) in [6.07, 6.45) is -9.21. The molecule has 2 heterocycles. The molecule has 0 saturated carbocycles. The summed E-state index contributed by atoms with van der Waals surface area (Å²) in [5, 5.41) is 17.4. The number of alkyl halides is 6. The maximum Gasteiger partial charge on any atom is 0.435 e. The van der Waals surface area contributed by atoms with Gasteiger partial charge in [-0.3, -0.25) is 0 Å². The quantitative estimate of drug-likeness (QED) is 0.174. The van der Waals surface area contributed by atoms with E-state index >= 15 is 0 Å². The number of nitrogens with zero attached hydrogens (tertiary/aromatic N) is 4. The van der Waals surface area contributed by atoms with Crippen LogP contribution in [0.1, 0.15) is 22.5 Å². The molecule has 0 aliphatic heterocycles. The van der Waals surface area contributed by atoms with Crippen molar-refractivity contribution in [3.05, 3.63) is 132 Å².